The van der Waals surface area contributed by atoms with Gasteiger partial charge in [0.2, 0.25) is 5.91 Å². The van der Waals surface area contributed by atoms with E-state index < -0.39 is 0 Å². The zero-order valence-corrected chi connectivity index (χ0v) is 10.9. The fraction of sp³-hybridized carbons (Fsp3) is 0.286. The lowest BCUT2D eigenvalue weighted by atomic mass is 9.86. The number of carbonyl (C=O) groups is 1. The monoisotopic (exact) mass is 257 g/mol. The maximum Gasteiger partial charge on any atom is 0.226 e. The van der Waals surface area contributed by atoms with Crippen LogP contribution in [0.5, 0.6) is 5.75 Å². The van der Waals surface area contributed by atoms with Crippen LogP contribution in [-0.2, 0) is 4.79 Å². The van der Waals surface area contributed by atoms with Crippen LogP contribution >= 0.6 is 0 Å². The van der Waals surface area contributed by atoms with Gasteiger partial charge in [-0.3, -0.25) is 9.89 Å². The van der Waals surface area contributed by atoms with E-state index in [0.29, 0.717) is 12.2 Å². The topological polar surface area (TPSA) is 67.0 Å². The molecule has 0 radical (unpaired) electrons. The average Bonchev–Trinajstić information content (AvgIpc) is 2.79. The summed E-state index contributed by atoms with van der Waals surface area (Å²) < 4.78 is 5.25. The normalized spacial score (nSPS) is 17.8. The number of carbonyl (C=O) groups excluding carboxylic acids is 1. The third-order valence-electron chi connectivity index (χ3n) is 3.49. The molecule has 0 bridgehead atoms. The molecule has 1 aromatic heterocycles. The number of aryl methyl sites for hydroxylation is 1. The Labute approximate surface area is 111 Å². The zero-order valence-electron chi connectivity index (χ0n) is 10.9. The van der Waals surface area contributed by atoms with Crippen LogP contribution in [0.3, 0.4) is 0 Å². The van der Waals surface area contributed by atoms with Crippen molar-refractivity contribution >= 4 is 11.7 Å². The highest BCUT2D eigenvalue weighted by atomic mass is 16.5. The minimum absolute atomic E-state index is 0.00757. The highest BCUT2D eigenvalue weighted by Crippen LogP contribution is 2.38. The number of aromatic amines is 1. The third-order valence-corrected chi connectivity index (χ3v) is 3.49. The molecule has 2 N–H and O–H groups in total. The highest BCUT2D eigenvalue weighted by molar-refractivity contribution is 5.94. The Morgan fingerprint density at radius 1 is 1.42 bits per heavy atom. The lowest BCUT2D eigenvalue weighted by molar-refractivity contribution is -0.116. The standard InChI is InChI=1S/C14H15N3O2/c1-8-13-11(7-12(18)15-14(13)17-16-8)9-4-3-5-10(6-9)19-2/h3-6,11H,7H2,1-2H3,(H2,15,16,17,18). The van der Waals surface area contributed by atoms with Gasteiger partial charge in [-0.1, -0.05) is 12.1 Å². The number of benzene rings is 1. The van der Waals surface area contributed by atoms with Gasteiger partial charge in [-0.25, -0.2) is 0 Å². The van der Waals surface area contributed by atoms with Crippen LogP contribution < -0.4 is 10.1 Å². The van der Waals surface area contributed by atoms with Crippen molar-refractivity contribution in [3.05, 3.63) is 41.1 Å². The lowest BCUT2D eigenvalue weighted by Gasteiger charge is -2.23. The van der Waals surface area contributed by atoms with Crippen molar-refractivity contribution in [2.45, 2.75) is 19.3 Å². The number of hydrogen-bond donors (Lipinski definition) is 2. The molecule has 1 unspecified atom stereocenters. The fourth-order valence-electron chi connectivity index (χ4n) is 2.57. The summed E-state index contributed by atoms with van der Waals surface area (Å²) in [6.45, 7) is 1.97. The van der Waals surface area contributed by atoms with Gasteiger partial charge in [-0.2, -0.15) is 5.10 Å². The van der Waals surface area contributed by atoms with E-state index >= 15 is 0 Å². The van der Waals surface area contributed by atoms with Crippen molar-refractivity contribution in [2.24, 2.45) is 0 Å². The Kier molecular flexibility index (Phi) is 2.74. The Morgan fingerprint density at radius 2 is 2.26 bits per heavy atom. The van der Waals surface area contributed by atoms with Crippen LogP contribution in [0, 0.1) is 6.92 Å². The van der Waals surface area contributed by atoms with Crippen LogP contribution in [-0.4, -0.2) is 23.2 Å². The SMILES string of the molecule is COc1cccc(C2CC(=O)Nc3n[nH]c(C)c32)c1. The van der Waals surface area contributed by atoms with Gasteiger partial charge in [0.15, 0.2) is 5.82 Å². The Bertz CT molecular complexity index is 633. The zero-order chi connectivity index (χ0) is 13.4. The summed E-state index contributed by atoms with van der Waals surface area (Å²) in [7, 11) is 1.64. The van der Waals surface area contributed by atoms with E-state index in [9.17, 15) is 4.79 Å². The van der Waals surface area contributed by atoms with Crippen molar-refractivity contribution in [3.8, 4) is 5.75 Å². The van der Waals surface area contributed by atoms with Crippen molar-refractivity contribution in [1.82, 2.24) is 10.2 Å². The summed E-state index contributed by atoms with van der Waals surface area (Å²) >= 11 is 0. The number of rotatable bonds is 2. The molecule has 1 aliphatic rings. The molecule has 5 heteroatoms. The van der Waals surface area contributed by atoms with Crippen LogP contribution in [0.2, 0.25) is 0 Å². The number of hydrogen-bond acceptors (Lipinski definition) is 3. The Morgan fingerprint density at radius 3 is 3.05 bits per heavy atom. The minimum Gasteiger partial charge on any atom is -0.497 e. The number of methoxy groups -OCH3 is 1. The number of ether oxygens (including phenoxy) is 1. The minimum atomic E-state index is -0.00757. The first-order chi connectivity index (χ1) is 9.19. The molecule has 98 valence electrons. The lowest BCUT2D eigenvalue weighted by Crippen LogP contribution is -2.23. The fourth-order valence-corrected chi connectivity index (χ4v) is 2.57. The van der Waals surface area contributed by atoms with Crippen molar-refractivity contribution in [3.63, 3.8) is 0 Å². The largest absolute Gasteiger partial charge is 0.497 e. The number of amides is 1. The number of nitrogens with one attached hydrogen (secondary N) is 2. The molecule has 1 aromatic carbocycles. The number of nitrogens with zero attached hydrogens (tertiary/aromatic N) is 1. The first-order valence-corrected chi connectivity index (χ1v) is 6.17. The molecule has 2 aromatic rings. The summed E-state index contributed by atoms with van der Waals surface area (Å²) in [5, 5.41) is 9.87. The van der Waals surface area contributed by atoms with Crippen molar-refractivity contribution in [2.75, 3.05) is 12.4 Å². The van der Waals surface area contributed by atoms with Crippen LogP contribution in [0.15, 0.2) is 24.3 Å². The first-order valence-electron chi connectivity index (χ1n) is 6.17. The predicted octanol–water partition coefficient (Wildman–Crippen LogP) is 2.20. The molecule has 3 rings (SSSR count). The summed E-state index contributed by atoms with van der Waals surface area (Å²) in [5.41, 5.74) is 3.12. The second kappa shape index (κ2) is 4.42. The molecule has 0 spiro atoms. The molecule has 19 heavy (non-hydrogen) atoms. The molecule has 0 saturated carbocycles. The Hall–Kier alpha value is -2.30. The summed E-state index contributed by atoms with van der Waals surface area (Å²) in [6.07, 6.45) is 0.431. The van der Waals surface area contributed by atoms with Gasteiger partial charge in [-0.05, 0) is 24.6 Å². The molecule has 1 amide bonds. The van der Waals surface area contributed by atoms with Crippen LogP contribution in [0.25, 0.3) is 0 Å². The second-order valence-electron chi connectivity index (χ2n) is 4.69. The van der Waals surface area contributed by atoms with Crippen molar-refractivity contribution in [1.29, 1.82) is 0 Å². The highest BCUT2D eigenvalue weighted by Gasteiger charge is 2.30. The summed E-state index contributed by atoms with van der Waals surface area (Å²) in [6, 6.07) is 7.83. The molecular formula is C14H15N3O2. The number of fused-ring (bicyclic) bond motifs is 1. The van der Waals surface area contributed by atoms with Crippen LogP contribution in [0.4, 0.5) is 5.82 Å². The van der Waals surface area contributed by atoms with E-state index in [0.717, 1.165) is 22.6 Å². The smallest absolute Gasteiger partial charge is 0.226 e. The van der Waals surface area contributed by atoms with Gasteiger partial charge >= 0.3 is 0 Å². The van der Waals surface area contributed by atoms with Gasteiger partial charge in [0.05, 0.1) is 7.11 Å². The van der Waals surface area contributed by atoms with Crippen LogP contribution in [0.1, 0.15) is 29.2 Å². The van der Waals surface area contributed by atoms with E-state index in [1.54, 1.807) is 7.11 Å². The summed E-state index contributed by atoms with van der Waals surface area (Å²) in [5.74, 6) is 1.46. The molecule has 0 saturated heterocycles. The van der Waals surface area contributed by atoms with Crippen molar-refractivity contribution < 1.29 is 9.53 Å². The van der Waals surface area contributed by atoms with E-state index in [2.05, 4.69) is 15.5 Å². The maximum atomic E-state index is 11.8. The van der Waals surface area contributed by atoms with E-state index in [4.69, 9.17) is 4.74 Å². The van der Waals surface area contributed by atoms with Gasteiger partial charge < -0.3 is 10.1 Å². The third kappa shape index (κ3) is 1.97. The van der Waals surface area contributed by atoms with Gasteiger partial charge in [0.25, 0.3) is 0 Å². The maximum absolute atomic E-state index is 11.8. The second-order valence-corrected chi connectivity index (χ2v) is 4.69. The van der Waals surface area contributed by atoms with Gasteiger partial charge in [0, 0.05) is 23.6 Å². The molecular weight excluding hydrogens is 242 g/mol. The Balaban J connectivity index is 2.09. The van der Waals surface area contributed by atoms with Gasteiger partial charge in [0.1, 0.15) is 5.75 Å². The molecule has 2 heterocycles. The van der Waals surface area contributed by atoms with E-state index in [-0.39, 0.29) is 11.8 Å². The molecule has 0 aliphatic carbocycles. The predicted molar refractivity (Wildman–Crippen MR) is 71.4 cm³/mol. The average molecular weight is 257 g/mol. The molecule has 1 atom stereocenters. The first kappa shape index (κ1) is 11.8. The number of aromatic nitrogens is 2. The van der Waals surface area contributed by atoms with Gasteiger partial charge in [-0.15, -0.1) is 0 Å². The molecule has 0 fully saturated rings. The molecule has 1 aliphatic heterocycles. The summed E-state index contributed by atoms with van der Waals surface area (Å²) in [4.78, 5) is 11.8. The quantitative estimate of drug-likeness (QED) is 0.866. The van der Waals surface area contributed by atoms with E-state index in [1.165, 1.54) is 0 Å². The molecule has 5 nitrogen and oxygen atoms in total. The van der Waals surface area contributed by atoms with E-state index in [1.807, 2.05) is 31.2 Å². The number of H-pyrrole nitrogens is 1. The number of anilines is 1.